The summed E-state index contributed by atoms with van der Waals surface area (Å²) in [7, 11) is 0. The molecule has 2 fully saturated rings. The minimum atomic E-state index is 0.390. The molecule has 1 saturated heterocycles. The van der Waals surface area contributed by atoms with E-state index in [1.54, 1.807) is 0 Å². The molecule has 1 unspecified atom stereocenters. The van der Waals surface area contributed by atoms with Gasteiger partial charge < -0.3 is 10.2 Å². The summed E-state index contributed by atoms with van der Waals surface area (Å²) in [4.78, 5) is 14.3. The molecule has 0 spiro atoms. The maximum atomic E-state index is 12.2. The van der Waals surface area contributed by atoms with Gasteiger partial charge in [0.05, 0.1) is 0 Å². The van der Waals surface area contributed by atoms with Crippen LogP contribution in [0.4, 0.5) is 0 Å². The number of hydrogen-bond donors (Lipinski definition) is 1. The van der Waals surface area contributed by atoms with Crippen LogP contribution in [0.5, 0.6) is 0 Å². The van der Waals surface area contributed by atoms with Crippen molar-refractivity contribution in [2.75, 3.05) is 19.6 Å². The van der Waals surface area contributed by atoms with Gasteiger partial charge in [0.25, 0.3) is 0 Å². The van der Waals surface area contributed by atoms with E-state index < -0.39 is 0 Å². The summed E-state index contributed by atoms with van der Waals surface area (Å²) in [5.74, 6) is 1.69. The third kappa shape index (κ3) is 3.44. The van der Waals surface area contributed by atoms with Gasteiger partial charge in [-0.3, -0.25) is 4.79 Å². The van der Waals surface area contributed by atoms with Gasteiger partial charge in [0.1, 0.15) is 0 Å². The third-order valence-electron chi connectivity index (χ3n) is 4.33. The van der Waals surface area contributed by atoms with Gasteiger partial charge in [0.15, 0.2) is 0 Å². The SMILES string of the molecule is CCN(C(=O)CC(C)C1CCNCC1)C1CC1. The normalized spacial score (nSPS) is 23.4. The average Bonchev–Trinajstić information content (AvgIpc) is 3.15. The van der Waals surface area contributed by atoms with E-state index in [9.17, 15) is 4.79 Å². The highest BCUT2D eigenvalue weighted by Crippen LogP contribution is 2.30. The van der Waals surface area contributed by atoms with E-state index in [1.807, 2.05) is 0 Å². The van der Waals surface area contributed by atoms with Gasteiger partial charge in [-0.1, -0.05) is 6.92 Å². The minimum absolute atomic E-state index is 0.390. The standard InChI is InChI=1S/C14H26N2O/c1-3-16(13-4-5-13)14(17)10-11(2)12-6-8-15-9-7-12/h11-13,15H,3-10H2,1-2H3. The molecule has 1 amide bonds. The third-order valence-corrected chi connectivity index (χ3v) is 4.33. The number of nitrogens with zero attached hydrogens (tertiary/aromatic N) is 1. The predicted molar refractivity (Wildman–Crippen MR) is 69.8 cm³/mol. The second kappa shape index (κ2) is 5.85. The highest BCUT2D eigenvalue weighted by atomic mass is 16.2. The first-order valence-corrected chi connectivity index (χ1v) is 7.22. The van der Waals surface area contributed by atoms with Crippen LogP contribution in [-0.4, -0.2) is 36.5 Å². The van der Waals surface area contributed by atoms with E-state index >= 15 is 0 Å². The maximum Gasteiger partial charge on any atom is 0.223 e. The first kappa shape index (κ1) is 12.9. The molecule has 1 aliphatic carbocycles. The molecular formula is C14H26N2O. The second-order valence-corrected chi connectivity index (χ2v) is 5.68. The second-order valence-electron chi connectivity index (χ2n) is 5.68. The summed E-state index contributed by atoms with van der Waals surface area (Å²) >= 11 is 0. The zero-order valence-electron chi connectivity index (χ0n) is 11.2. The van der Waals surface area contributed by atoms with Crippen LogP contribution in [0.15, 0.2) is 0 Å². The topological polar surface area (TPSA) is 32.3 Å². The largest absolute Gasteiger partial charge is 0.340 e. The fourth-order valence-electron chi connectivity index (χ4n) is 3.00. The quantitative estimate of drug-likeness (QED) is 0.795. The van der Waals surface area contributed by atoms with Crippen LogP contribution < -0.4 is 5.32 Å². The van der Waals surface area contributed by atoms with E-state index in [1.165, 1.54) is 25.7 Å². The van der Waals surface area contributed by atoms with Gasteiger partial charge >= 0.3 is 0 Å². The molecule has 0 aromatic rings. The Balaban J connectivity index is 1.79. The molecule has 2 aliphatic rings. The van der Waals surface area contributed by atoms with Gasteiger partial charge in [0, 0.05) is 19.0 Å². The first-order valence-electron chi connectivity index (χ1n) is 7.22. The molecule has 3 nitrogen and oxygen atoms in total. The molecule has 3 heteroatoms. The van der Waals surface area contributed by atoms with Gasteiger partial charge in [-0.05, 0) is 57.5 Å². The van der Waals surface area contributed by atoms with Crippen molar-refractivity contribution in [3.63, 3.8) is 0 Å². The molecular weight excluding hydrogens is 212 g/mol. The lowest BCUT2D eigenvalue weighted by Crippen LogP contribution is -2.36. The Morgan fingerprint density at radius 1 is 1.29 bits per heavy atom. The lowest BCUT2D eigenvalue weighted by atomic mass is 9.84. The molecule has 1 heterocycles. The Hall–Kier alpha value is -0.570. The number of carbonyl (C=O) groups is 1. The fraction of sp³-hybridized carbons (Fsp3) is 0.929. The Morgan fingerprint density at radius 2 is 1.94 bits per heavy atom. The predicted octanol–water partition coefficient (Wildman–Crippen LogP) is 2.02. The Kier molecular flexibility index (Phi) is 4.43. The van der Waals surface area contributed by atoms with E-state index in [2.05, 4.69) is 24.1 Å². The van der Waals surface area contributed by atoms with Gasteiger partial charge in [-0.2, -0.15) is 0 Å². The zero-order valence-corrected chi connectivity index (χ0v) is 11.2. The number of amides is 1. The van der Waals surface area contributed by atoms with Crippen LogP contribution in [0.2, 0.25) is 0 Å². The summed E-state index contributed by atoms with van der Waals surface area (Å²) in [5, 5.41) is 3.39. The van der Waals surface area contributed by atoms with Gasteiger partial charge in [-0.25, -0.2) is 0 Å². The van der Waals surface area contributed by atoms with Crippen LogP contribution in [0.3, 0.4) is 0 Å². The van der Waals surface area contributed by atoms with E-state index in [0.717, 1.165) is 32.0 Å². The zero-order chi connectivity index (χ0) is 12.3. The fourth-order valence-corrected chi connectivity index (χ4v) is 3.00. The maximum absolute atomic E-state index is 12.2. The van der Waals surface area contributed by atoms with Crippen LogP contribution >= 0.6 is 0 Å². The number of carbonyl (C=O) groups excluding carboxylic acids is 1. The molecule has 0 bridgehead atoms. The van der Waals surface area contributed by atoms with Crippen molar-refractivity contribution in [3.8, 4) is 0 Å². The van der Waals surface area contributed by atoms with Crippen LogP contribution in [0.25, 0.3) is 0 Å². The number of nitrogens with one attached hydrogen (secondary N) is 1. The van der Waals surface area contributed by atoms with Crippen LogP contribution in [0, 0.1) is 11.8 Å². The van der Waals surface area contributed by atoms with Crippen molar-refractivity contribution in [1.29, 1.82) is 0 Å². The summed E-state index contributed by atoms with van der Waals surface area (Å²) in [6, 6.07) is 0.577. The Labute approximate surface area is 105 Å². The molecule has 1 aliphatic heterocycles. The van der Waals surface area contributed by atoms with Crippen LogP contribution in [0.1, 0.15) is 46.0 Å². The number of hydrogen-bond acceptors (Lipinski definition) is 2. The molecule has 0 aromatic carbocycles. The molecule has 0 aromatic heterocycles. The van der Waals surface area contributed by atoms with Crippen molar-refractivity contribution < 1.29 is 4.79 Å². The monoisotopic (exact) mass is 238 g/mol. The highest BCUT2D eigenvalue weighted by Gasteiger charge is 2.32. The molecule has 1 atom stereocenters. The van der Waals surface area contributed by atoms with Crippen molar-refractivity contribution in [2.24, 2.45) is 11.8 Å². The van der Waals surface area contributed by atoms with Crippen molar-refractivity contribution in [3.05, 3.63) is 0 Å². The van der Waals surface area contributed by atoms with E-state index in [-0.39, 0.29) is 0 Å². The summed E-state index contributed by atoms with van der Waals surface area (Å²) in [6.45, 7) is 7.51. The summed E-state index contributed by atoms with van der Waals surface area (Å²) in [5.41, 5.74) is 0. The summed E-state index contributed by atoms with van der Waals surface area (Å²) in [6.07, 6.45) is 5.69. The molecule has 1 N–H and O–H groups in total. The smallest absolute Gasteiger partial charge is 0.223 e. The Bertz CT molecular complexity index is 257. The minimum Gasteiger partial charge on any atom is -0.340 e. The van der Waals surface area contributed by atoms with Crippen molar-refractivity contribution in [2.45, 2.75) is 52.0 Å². The highest BCUT2D eigenvalue weighted by molar-refractivity contribution is 5.77. The van der Waals surface area contributed by atoms with Crippen molar-refractivity contribution >= 4 is 5.91 Å². The summed E-state index contributed by atoms with van der Waals surface area (Å²) < 4.78 is 0. The lowest BCUT2D eigenvalue weighted by molar-refractivity contribution is -0.132. The van der Waals surface area contributed by atoms with E-state index in [4.69, 9.17) is 0 Å². The van der Waals surface area contributed by atoms with Crippen LogP contribution in [-0.2, 0) is 4.79 Å². The molecule has 17 heavy (non-hydrogen) atoms. The molecule has 2 rings (SSSR count). The van der Waals surface area contributed by atoms with Gasteiger partial charge in [-0.15, -0.1) is 0 Å². The molecule has 0 radical (unpaired) electrons. The average molecular weight is 238 g/mol. The van der Waals surface area contributed by atoms with E-state index in [0.29, 0.717) is 17.9 Å². The molecule has 1 saturated carbocycles. The van der Waals surface area contributed by atoms with Crippen molar-refractivity contribution in [1.82, 2.24) is 10.2 Å². The number of piperidine rings is 1. The molecule has 98 valence electrons. The first-order chi connectivity index (χ1) is 8.22. The van der Waals surface area contributed by atoms with Gasteiger partial charge in [0.2, 0.25) is 5.91 Å². The number of rotatable bonds is 5. The Morgan fingerprint density at radius 3 is 2.47 bits per heavy atom. The lowest BCUT2D eigenvalue weighted by Gasteiger charge is -2.30.